The number of methoxy groups -OCH3 is 1. The molecule has 0 N–H and O–H groups in total. The summed E-state index contributed by atoms with van der Waals surface area (Å²) in [5.74, 6) is 1.74. The van der Waals surface area contributed by atoms with Crippen LogP contribution in [0.5, 0.6) is 17.2 Å². The van der Waals surface area contributed by atoms with Crippen molar-refractivity contribution in [2.24, 2.45) is 0 Å². The Morgan fingerprint density at radius 2 is 1.65 bits per heavy atom. The Labute approximate surface area is 110 Å². The molecule has 0 heterocycles. The summed E-state index contributed by atoms with van der Waals surface area (Å²) in [5, 5.41) is 1.16. The van der Waals surface area contributed by atoms with Crippen molar-refractivity contribution < 1.29 is 9.47 Å². The lowest BCUT2D eigenvalue weighted by Gasteiger charge is -2.11. The number of hydrogen-bond acceptors (Lipinski definition) is 2. The smallest absolute Gasteiger partial charge is 0.187 e. The minimum atomic E-state index is 0.499. The van der Waals surface area contributed by atoms with Crippen LogP contribution in [0.1, 0.15) is 0 Å². The molecule has 17 heavy (non-hydrogen) atoms. The Bertz CT molecular complexity index is 509. The fourth-order valence-corrected chi connectivity index (χ4v) is 1.70. The van der Waals surface area contributed by atoms with Crippen molar-refractivity contribution in [2.45, 2.75) is 0 Å². The first-order valence-corrected chi connectivity index (χ1v) is 5.72. The van der Waals surface area contributed by atoms with Crippen LogP contribution in [0, 0.1) is 0 Å². The molecule has 0 saturated carbocycles. The van der Waals surface area contributed by atoms with Gasteiger partial charge in [0.1, 0.15) is 5.75 Å². The number of halogens is 2. The molecule has 88 valence electrons. The second-order valence-corrected chi connectivity index (χ2v) is 4.17. The van der Waals surface area contributed by atoms with Gasteiger partial charge in [0.15, 0.2) is 11.5 Å². The molecule has 0 unspecified atom stereocenters. The predicted molar refractivity (Wildman–Crippen MR) is 69.5 cm³/mol. The molecule has 0 aliphatic rings. The summed E-state index contributed by atoms with van der Waals surface area (Å²) in [6.07, 6.45) is 0. The van der Waals surface area contributed by atoms with E-state index in [1.54, 1.807) is 49.6 Å². The van der Waals surface area contributed by atoms with Crippen LogP contribution in [0.3, 0.4) is 0 Å². The van der Waals surface area contributed by atoms with E-state index in [2.05, 4.69) is 0 Å². The van der Waals surface area contributed by atoms with Gasteiger partial charge in [0.25, 0.3) is 0 Å². The first-order valence-electron chi connectivity index (χ1n) is 4.96. The van der Waals surface area contributed by atoms with Gasteiger partial charge in [-0.25, -0.2) is 0 Å². The Hall–Kier alpha value is -1.38. The van der Waals surface area contributed by atoms with Crippen LogP contribution < -0.4 is 9.47 Å². The molecule has 0 fully saturated rings. The molecule has 0 bridgehead atoms. The van der Waals surface area contributed by atoms with E-state index in [1.165, 1.54) is 0 Å². The molecule has 0 amide bonds. The molecule has 2 aromatic rings. The number of rotatable bonds is 3. The monoisotopic (exact) mass is 268 g/mol. The highest BCUT2D eigenvalue weighted by Gasteiger charge is 2.09. The highest BCUT2D eigenvalue weighted by atomic mass is 35.5. The average Bonchev–Trinajstić information content (AvgIpc) is 2.34. The van der Waals surface area contributed by atoms with Crippen molar-refractivity contribution in [3.05, 3.63) is 52.5 Å². The van der Waals surface area contributed by atoms with Crippen LogP contribution in [-0.2, 0) is 0 Å². The topological polar surface area (TPSA) is 18.5 Å². The lowest BCUT2D eigenvalue weighted by Crippen LogP contribution is -1.90. The van der Waals surface area contributed by atoms with E-state index in [-0.39, 0.29) is 0 Å². The normalized spacial score (nSPS) is 10.1. The minimum absolute atomic E-state index is 0.499. The second-order valence-electron chi connectivity index (χ2n) is 3.33. The molecule has 2 rings (SSSR count). The zero-order valence-electron chi connectivity index (χ0n) is 9.11. The number of hydrogen-bond donors (Lipinski definition) is 0. The molecular formula is C13H10Cl2O2. The fourth-order valence-electron chi connectivity index (χ4n) is 1.37. The number of ether oxygens (including phenoxy) is 2. The summed E-state index contributed by atoms with van der Waals surface area (Å²) in [5.41, 5.74) is 0. The Balaban J connectivity index is 2.32. The van der Waals surface area contributed by atoms with Crippen LogP contribution in [0.25, 0.3) is 0 Å². The largest absolute Gasteiger partial charge is 0.493 e. The molecule has 2 aromatic carbocycles. The Morgan fingerprint density at radius 3 is 2.29 bits per heavy atom. The molecular weight excluding hydrogens is 259 g/mol. The van der Waals surface area contributed by atoms with E-state index in [0.29, 0.717) is 27.3 Å². The highest BCUT2D eigenvalue weighted by molar-refractivity contribution is 6.32. The molecule has 0 aliphatic carbocycles. The predicted octanol–water partition coefficient (Wildman–Crippen LogP) is 4.79. The van der Waals surface area contributed by atoms with Gasteiger partial charge in [-0.1, -0.05) is 29.3 Å². The summed E-state index contributed by atoms with van der Waals surface area (Å²) in [6, 6.07) is 12.4. The van der Waals surface area contributed by atoms with E-state index in [4.69, 9.17) is 32.7 Å². The van der Waals surface area contributed by atoms with Gasteiger partial charge >= 0.3 is 0 Å². The number of para-hydroxylation sites is 1. The SMILES string of the molecule is COc1cccc(Cl)c1Oc1ccc(Cl)cc1. The van der Waals surface area contributed by atoms with Gasteiger partial charge < -0.3 is 9.47 Å². The van der Waals surface area contributed by atoms with E-state index >= 15 is 0 Å². The van der Waals surface area contributed by atoms with Gasteiger partial charge in [-0.15, -0.1) is 0 Å². The van der Waals surface area contributed by atoms with E-state index in [1.807, 2.05) is 0 Å². The molecule has 0 atom stereocenters. The maximum Gasteiger partial charge on any atom is 0.187 e. The van der Waals surface area contributed by atoms with Crippen LogP contribution in [0.2, 0.25) is 10.0 Å². The quantitative estimate of drug-likeness (QED) is 0.797. The van der Waals surface area contributed by atoms with Crippen molar-refractivity contribution in [2.75, 3.05) is 7.11 Å². The third-order valence-corrected chi connectivity index (χ3v) is 2.73. The maximum absolute atomic E-state index is 6.06. The van der Waals surface area contributed by atoms with Gasteiger partial charge in [-0.05, 0) is 36.4 Å². The zero-order chi connectivity index (χ0) is 12.3. The summed E-state index contributed by atoms with van der Waals surface area (Å²) < 4.78 is 10.9. The van der Waals surface area contributed by atoms with Gasteiger partial charge in [-0.2, -0.15) is 0 Å². The minimum Gasteiger partial charge on any atom is -0.493 e. The van der Waals surface area contributed by atoms with Gasteiger partial charge in [-0.3, -0.25) is 0 Å². The molecule has 0 spiro atoms. The summed E-state index contributed by atoms with van der Waals surface area (Å²) >= 11 is 11.9. The number of benzene rings is 2. The van der Waals surface area contributed by atoms with Crippen molar-refractivity contribution in [3.8, 4) is 17.2 Å². The molecule has 2 nitrogen and oxygen atoms in total. The lowest BCUT2D eigenvalue weighted by molar-refractivity contribution is 0.379. The molecule has 0 aliphatic heterocycles. The van der Waals surface area contributed by atoms with Gasteiger partial charge in [0.2, 0.25) is 0 Å². The first kappa shape index (κ1) is 12.1. The van der Waals surface area contributed by atoms with Crippen molar-refractivity contribution in [3.63, 3.8) is 0 Å². The molecule has 0 aromatic heterocycles. The van der Waals surface area contributed by atoms with Gasteiger partial charge in [0.05, 0.1) is 12.1 Å². The average molecular weight is 269 g/mol. The zero-order valence-corrected chi connectivity index (χ0v) is 10.6. The first-order chi connectivity index (χ1) is 8.20. The molecule has 0 radical (unpaired) electrons. The summed E-state index contributed by atoms with van der Waals surface area (Å²) in [4.78, 5) is 0. The Kier molecular flexibility index (Phi) is 3.77. The third kappa shape index (κ3) is 2.84. The van der Waals surface area contributed by atoms with Crippen molar-refractivity contribution in [1.29, 1.82) is 0 Å². The van der Waals surface area contributed by atoms with E-state index < -0.39 is 0 Å². The third-order valence-electron chi connectivity index (χ3n) is 2.18. The molecule has 0 saturated heterocycles. The van der Waals surface area contributed by atoms with Gasteiger partial charge in [0, 0.05) is 5.02 Å². The van der Waals surface area contributed by atoms with Crippen LogP contribution in [0.15, 0.2) is 42.5 Å². The Morgan fingerprint density at radius 1 is 0.941 bits per heavy atom. The maximum atomic E-state index is 6.06. The van der Waals surface area contributed by atoms with Crippen LogP contribution in [0.4, 0.5) is 0 Å². The fraction of sp³-hybridized carbons (Fsp3) is 0.0769. The summed E-state index contributed by atoms with van der Waals surface area (Å²) in [6.45, 7) is 0. The lowest BCUT2D eigenvalue weighted by atomic mass is 10.3. The summed E-state index contributed by atoms with van der Waals surface area (Å²) in [7, 11) is 1.57. The standard InChI is InChI=1S/C13H10Cl2O2/c1-16-12-4-2-3-11(15)13(12)17-10-7-5-9(14)6-8-10/h2-8H,1H3. The van der Waals surface area contributed by atoms with Crippen LogP contribution >= 0.6 is 23.2 Å². The highest BCUT2D eigenvalue weighted by Crippen LogP contribution is 2.37. The van der Waals surface area contributed by atoms with Crippen molar-refractivity contribution in [1.82, 2.24) is 0 Å². The molecule has 4 heteroatoms. The van der Waals surface area contributed by atoms with Crippen LogP contribution in [-0.4, -0.2) is 7.11 Å². The van der Waals surface area contributed by atoms with Crippen molar-refractivity contribution >= 4 is 23.2 Å². The second kappa shape index (κ2) is 5.30. The van der Waals surface area contributed by atoms with E-state index in [9.17, 15) is 0 Å². The van der Waals surface area contributed by atoms with E-state index in [0.717, 1.165) is 0 Å².